The lowest BCUT2D eigenvalue weighted by Crippen LogP contribution is -2.18. The van der Waals surface area contributed by atoms with Gasteiger partial charge in [-0.3, -0.25) is 4.79 Å². The third-order valence-electron chi connectivity index (χ3n) is 8.15. The van der Waals surface area contributed by atoms with Crippen LogP contribution in [0.2, 0.25) is 0 Å². The molecule has 0 spiro atoms. The minimum Gasteiger partial charge on any atom is -0.493 e. The van der Waals surface area contributed by atoms with Gasteiger partial charge in [0.05, 0.1) is 24.9 Å². The highest BCUT2D eigenvalue weighted by atomic mass is 32.2. The Morgan fingerprint density at radius 1 is 1.05 bits per heavy atom. The molecule has 3 aromatic carbocycles. The van der Waals surface area contributed by atoms with E-state index in [1.807, 2.05) is 70.2 Å². The normalized spacial score (nSPS) is 20.1. The van der Waals surface area contributed by atoms with Gasteiger partial charge in [-0.05, 0) is 110 Å². The summed E-state index contributed by atoms with van der Waals surface area (Å²) in [5.74, 6) is 1.04. The maximum absolute atomic E-state index is 15.3. The average molecular weight is 595 g/mol. The van der Waals surface area contributed by atoms with E-state index in [1.54, 1.807) is 0 Å². The Balaban J connectivity index is 1.31. The van der Waals surface area contributed by atoms with Crippen LogP contribution in [0, 0.1) is 31.5 Å². The second-order valence-electron chi connectivity index (χ2n) is 11.8. The van der Waals surface area contributed by atoms with E-state index in [-0.39, 0.29) is 35.3 Å². The second-order valence-corrected chi connectivity index (χ2v) is 14.0. The third-order valence-corrected chi connectivity index (χ3v) is 9.32. The first-order valence-electron chi connectivity index (χ1n) is 14.6. The summed E-state index contributed by atoms with van der Waals surface area (Å²) < 4.78 is 55.9. The Morgan fingerprint density at radius 2 is 1.74 bits per heavy atom. The molecule has 5 rings (SSSR count). The van der Waals surface area contributed by atoms with Crippen molar-refractivity contribution >= 4 is 15.8 Å². The van der Waals surface area contributed by atoms with Crippen LogP contribution in [0.5, 0.6) is 11.5 Å². The molecule has 2 aliphatic carbocycles. The fraction of sp³-hybridized carbons (Fsp3) is 0.441. The van der Waals surface area contributed by atoms with Crippen LogP contribution in [0.4, 0.5) is 4.39 Å². The number of sulfone groups is 1. The number of rotatable bonds is 11. The van der Waals surface area contributed by atoms with Crippen LogP contribution < -0.4 is 9.47 Å². The predicted octanol–water partition coefficient (Wildman–Crippen LogP) is 6.90. The van der Waals surface area contributed by atoms with Crippen molar-refractivity contribution in [1.82, 2.24) is 0 Å². The number of ether oxygens (including phenoxy) is 3. The van der Waals surface area contributed by atoms with Gasteiger partial charge >= 0.3 is 5.97 Å². The summed E-state index contributed by atoms with van der Waals surface area (Å²) in [6.07, 6.45) is 3.03. The zero-order valence-electron chi connectivity index (χ0n) is 24.9. The third kappa shape index (κ3) is 6.64. The number of hydrogen-bond donors (Lipinski definition) is 0. The summed E-state index contributed by atoms with van der Waals surface area (Å²) in [4.78, 5) is 12.0. The number of fused-ring (bicyclic) bond motifs is 1. The highest BCUT2D eigenvalue weighted by Gasteiger charge is 2.45. The molecule has 6 nitrogen and oxygen atoms in total. The van der Waals surface area contributed by atoms with E-state index in [1.165, 1.54) is 12.3 Å². The number of hydrogen-bond acceptors (Lipinski definition) is 6. The van der Waals surface area contributed by atoms with Gasteiger partial charge in [0.15, 0.2) is 0 Å². The van der Waals surface area contributed by atoms with Crippen molar-refractivity contribution in [2.24, 2.45) is 11.8 Å². The average Bonchev–Trinajstić information content (AvgIpc) is 3.61. The van der Waals surface area contributed by atoms with E-state index in [9.17, 15) is 13.2 Å². The van der Waals surface area contributed by atoms with Crippen molar-refractivity contribution in [3.8, 4) is 22.6 Å². The Hall–Kier alpha value is -3.39. The van der Waals surface area contributed by atoms with Crippen LogP contribution in [-0.2, 0) is 25.8 Å². The maximum atomic E-state index is 15.3. The number of carbonyl (C=O) groups is 1. The van der Waals surface area contributed by atoms with Gasteiger partial charge in [0.25, 0.3) is 0 Å². The van der Waals surface area contributed by atoms with Gasteiger partial charge < -0.3 is 14.2 Å². The van der Waals surface area contributed by atoms with Gasteiger partial charge in [-0.2, -0.15) is 0 Å². The fourth-order valence-corrected chi connectivity index (χ4v) is 7.42. The highest BCUT2D eigenvalue weighted by molar-refractivity contribution is 7.90. The summed E-state index contributed by atoms with van der Waals surface area (Å²) in [5, 5.41) is 0. The van der Waals surface area contributed by atoms with Crippen LogP contribution in [0.15, 0.2) is 48.5 Å². The lowest BCUT2D eigenvalue weighted by Gasteiger charge is -2.19. The minimum atomic E-state index is -3.07. The number of benzene rings is 3. The molecule has 0 aliphatic heterocycles. The first kappa shape index (κ1) is 30.1. The van der Waals surface area contributed by atoms with E-state index in [2.05, 4.69) is 0 Å². The molecule has 8 heteroatoms. The van der Waals surface area contributed by atoms with E-state index in [0.29, 0.717) is 43.1 Å². The summed E-state index contributed by atoms with van der Waals surface area (Å²) in [5.41, 5.74) is 6.73. The smallest absolute Gasteiger partial charge is 0.309 e. The van der Waals surface area contributed by atoms with Crippen molar-refractivity contribution in [3.05, 3.63) is 82.2 Å². The quantitative estimate of drug-likeness (QED) is 0.225. The van der Waals surface area contributed by atoms with Crippen LogP contribution in [0.3, 0.4) is 0 Å². The zero-order valence-corrected chi connectivity index (χ0v) is 25.7. The molecule has 0 saturated heterocycles. The van der Waals surface area contributed by atoms with E-state index in [0.717, 1.165) is 39.8 Å². The van der Waals surface area contributed by atoms with Gasteiger partial charge in [-0.1, -0.05) is 25.1 Å². The summed E-state index contributed by atoms with van der Waals surface area (Å²) in [6, 6.07) is 15.1. The lowest BCUT2D eigenvalue weighted by molar-refractivity contribution is -0.144. The number of carbonyl (C=O) groups excluding carboxylic acids is 1. The molecule has 1 fully saturated rings. The molecule has 0 heterocycles. The maximum Gasteiger partial charge on any atom is 0.309 e. The van der Waals surface area contributed by atoms with Gasteiger partial charge in [0, 0.05) is 17.7 Å². The second kappa shape index (κ2) is 12.1. The Kier molecular flexibility index (Phi) is 8.65. The van der Waals surface area contributed by atoms with Crippen molar-refractivity contribution in [2.45, 2.75) is 59.0 Å². The molecule has 0 bridgehead atoms. The molecule has 0 radical (unpaired) electrons. The van der Waals surface area contributed by atoms with E-state index >= 15 is 4.39 Å². The molecule has 2 aliphatic rings. The topological polar surface area (TPSA) is 78.9 Å². The summed E-state index contributed by atoms with van der Waals surface area (Å²) >= 11 is 0. The molecule has 224 valence electrons. The summed E-state index contributed by atoms with van der Waals surface area (Å²) in [6.45, 7) is 8.41. The molecule has 4 atom stereocenters. The molecule has 0 unspecified atom stereocenters. The zero-order chi connectivity index (χ0) is 30.2. The largest absolute Gasteiger partial charge is 0.493 e. The van der Waals surface area contributed by atoms with Crippen molar-refractivity contribution in [2.75, 3.05) is 25.2 Å². The van der Waals surface area contributed by atoms with Gasteiger partial charge in [0.1, 0.15) is 33.3 Å². The Morgan fingerprint density at radius 3 is 2.38 bits per heavy atom. The fourth-order valence-electron chi connectivity index (χ4n) is 6.29. The summed E-state index contributed by atoms with van der Waals surface area (Å²) in [7, 11) is -3.07. The number of esters is 1. The van der Waals surface area contributed by atoms with Gasteiger partial charge in [-0.15, -0.1) is 0 Å². The minimum absolute atomic E-state index is 0.0677. The SMILES string of the molecule is CCOC(=O)[C@H]1C[C@@H]1c1ccc(O[C@@H]2CCc3c(-c4c(C)cc(OC[C@@H](C)CS(C)(=O)=O)cc4C)ccc(F)c32)cc1. The van der Waals surface area contributed by atoms with Crippen molar-refractivity contribution in [1.29, 1.82) is 0 Å². The molecule has 1 saturated carbocycles. The molecule has 0 aromatic heterocycles. The van der Waals surface area contributed by atoms with Gasteiger partial charge in [0.2, 0.25) is 0 Å². The van der Waals surface area contributed by atoms with E-state index in [4.69, 9.17) is 14.2 Å². The number of halogens is 1. The standard InChI is InChI=1S/C34H39FO6S/c1-6-39-34(36)29-17-28(29)23-7-9-24(10-8-23)41-31-14-12-27-26(11-13-30(35)33(27)31)32-21(3)15-25(16-22(32)4)40-18-20(2)19-42(5,37)38/h7-11,13,15-16,20,28-29,31H,6,12,14,17-19H2,1-5H3/t20-,28-,29+,31-/m1/s1. The first-order valence-corrected chi connectivity index (χ1v) is 16.7. The van der Waals surface area contributed by atoms with Crippen molar-refractivity contribution in [3.63, 3.8) is 0 Å². The Labute approximate surface area is 248 Å². The number of aryl methyl sites for hydroxylation is 2. The Bertz CT molecular complexity index is 1560. The highest BCUT2D eigenvalue weighted by Crippen LogP contribution is 2.49. The van der Waals surface area contributed by atoms with Crippen LogP contribution >= 0.6 is 0 Å². The first-order chi connectivity index (χ1) is 19.9. The van der Waals surface area contributed by atoms with Crippen LogP contribution in [0.25, 0.3) is 11.1 Å². The van der Waals surface area contributed by atoms with Crippen molar-refractivity contribution < 1.29 is 31.8 Å². The molecule has 0 N–H and O–H groups in total. The lowest BCUT2D eigenvalue weighted by atomic mass is 9.90. The van der Waals surface area contributed by atoms with Gasteiger partial charge in [-0.25, -0.2) is 12.8 Å². The van der Waals surface area contributed by atoms with E-state index < -0.39 is 15.9 Å². The predicted molar refractivity (Wildman–Crippen MR) is 161 cm³/mol. The molecular weight excluding hydrogens is 555 g/mol. The molecular formula is C34H39FO6S. The van der Waals surface area contributed by atoms with Crippen LogP contribution in [0.1, 0.15) is 66.5 Å². The van der Waals surface area contributed by atoms with Crippen LogP contribution in [-0.4, -0.2) is 39.6 Å². The molecule has 42 heavy (non-hydrogen) atoms. The molecule has 3 aromatic rings. The molecule has 0 amide bonds. The monoisotopic (exact) mass is 594 g/mol.